The summed E-state index contributed by atoms with van der Waals surface area (Å²) in [6.45, 7) is 4.62. The van der Waals surface area contributed by atoms with Crippen LogP contribution in [0.2, 0.25) is 0 Å². The zero-order chi connectivity index (χ0) is 16.6. The highest BCUT2D eigenvalue weighted by molar-refractivity contribution is 5.86. The molecule has 0 saturated heterocycles. The van der Waals surface area contributed by atoms with E-state index in [-0.39, 0.29) is 18.7 Å². The molecule has 0 aromatic heterocycles. The number of hydrogen-bond acceptors (Lipinski definition) is 8. The highest BCUT2D eigenvalue weighted by Crippen LogP contribution is 2.06. The Kier molecular flexibility index (Phi) is 9.34. The van der Waals surface area contributed by atoms with Crippen molar-refractivity contribution < 1.29 is 35.1 Å². The van der Waals surface area contributed by atoms with Crippen molar-refractivity contribution in [2.24, 2.45) is 0 Å². The first-order valence-electron chi connectivity index (χ1n) is 6.55. The van der Waals surface area contributed by atoms with Gasteiger partial charge in [-0.05, 0) is 14.0 Å². The lowest BCUT2D eigenvalue weighted by Gasteiger charge is -2.28. The quantitative estimate of drug-likeness (QED) is 0.221. The standard InChI is InChI=1S/C13H25NO7/c1-8(2)13(20)21-5-4-14(3)6-9(16)11(18)12(19)10(17)7-15/h9-12,15-19H,1,4-7H2,2-3H3/t9-,10+,11+,12+/m0/s1. The SMILES string of the molecule is C=C(C)C(=O)OCCN(C)C[C@H](O)[C@@H](O)[C@H](O)[C@H](O)CO. The van der Waals surface area contributed by atoms with Crippen molar-refractivity contribution in [3.63, 3.8) is 0 Å². The van der Waals surface area contributed by atoms with Gasteiger partial charge in [0.25, 0.3) is 0 Å². The number of aliphatic hydroxyl groups is 5. The number of ether oxygens (including phenoxy) is 1. The molecule has 0 aliphatic carbocycles. The van der Waals surface area contributed by atoms with E-state index in [0.717, 1.165) is 0 Å². The fourth-order valence-corrected chi connectivity index (χ4v) is 1.50. The summed E-state index contributed by atoms with van der Waals surface area (Å²) < 4.78 is 4.87. The van der Waals surface area contributed by atoms with Crippen molar-refractivity contribution >= 4 is 5.97 Å². The lowest BCUT2D eigenvalue weighted by atomic mass is 10.0. The molecule has 0 unspecified atom stereocenters. The normalized spacial score (nSPS) is 17.1. The first-order valence-corrected chi connectivity index (χ1v) is 6.55. The highest BCUT2D eigenvalue weighted by Gasteiger charge is 2.30. The van der Waals surface area contributed by atoms with Gasteiger partial charge >= 0.3 is 5.97 Å². The Morgan fingerprint density at radius 2 is 1.71 bits per heavy atom. The van der Waals surface area contributed by atoms with E-state index in [4.69, 9.17) is 9.84 Å². The molecule has 0 radical (unpaired) electrons. The molecule has 0 bridgehead atoms. The number of esters is 1. The highest BCUT2D eigenvalue weighted by atomic mass is 16.5. The number of rotatable bonds is 10. The van der Waals surface area contributed by atoms with Crippen LogP contribution in [-0.2, 0) is 9.53 Å². The fourth-order valence-electron chi connectivity index (χ4n) is 1.50. The summed E-state index contributed by atoms with van der Waals surface area (Å²) in [5, 5.41) is 46.7. The van der Waals surface area contributed by atoms with E-state index in [1.807, 2.05) is 0 Å². The molecule has 4 atom stereocenters. The average Bonchev–Trinajstić information content (AvgIpc) is 2.44. The van der Waals surface area contributed by atoms with Crippen LogP contribution in [0.4, 0.5) is 0 Å². The van der Waals surface area contributed by atoms with E-state index in [1.54, 1.807) is 11.9 Å². The number of hydrogen-bond donors (Lipinski definition) is 5. The van der Waals surface area contributed by atoms with Crippen LogP contribution in [0.1, 0.15) is 6.92 Å². The number of carbonyl (C=O) groups excluding carboxylic acids is 1. The third kappa shape index (κ3) is 7.51. The third-order valence-electron chi connectivity index (χ3n) is 2.88. The fraction of sp³-hybridized carbons (Fsp3) is 0.769. The van der Waals surface area contributed by atoms with Crippen LogP contribution < -0.4 is 0 Å². The smallest absolute Gasteiger partial charge is 0.333 e. The molecule has 0 heterocycles. The van der Waals surface area contributed by atoms with Crippen LogP contribution in [0.5, 0.6) is 0 Å². The van der Waals surface area contributed by atoms with E-state index in [1.165, 1.54) is 6.92 Å². The minimum Gasteiger partial charge on any atom is -0.461 e. The first kappa shape index (κ1) is 20.0. The minimum atomic E-state index is -1.65. The predicted octanol–water partition coefficient (Wildman–Crippen LogP) is -2.53. The van der Waals surface area contributed by atoms with Gasteiger partial charge in [-0.2, -0.15) is 0 Å². The Labute approximate surface area is 123 Å². The van der Waals surface area contributed by atoms with E-state index in [9.17, 15) is 25.2 Å². The van der Waals surface area contributed by atoms with Crippen LogP contribution in [-0.4, -0.2) is 94.2 Å². The molecule has 0 rings (SSSR count). The maximum absolute atomic E-state index is 11.1. The van der Waals surface area contributed by atoms with Gasteiger partial charge in [-0.3, -0.25) is 0 Å². The molecule has 21 heavy (non-hydrogen) atoms. The molecule has 0 aromatic rings. The van der Waals surface area contributed by atoms with Crippen molar-refractivity contribution in [1.82, 2.24) is 4.90 Å². The van der Waals surface area contributed by atoms with Crippen LogP contribution in [0, 0.1) is 0 Å². The van der Waals surface area contributed by atoms with Crippen molar-refractivity contribution in [2.45, 2.75) is 31.3 Å². The second-order valence-electron chi connectivity index (χ2n) is 4.98. The summed E-state index contributed by atoms with van der Waals surface area (Å²) in [6, 6.07) is 0. The number of carbonyl (C=O) groups is 1. The van der Waals surface area contributed by atoms with Gasteiger partial charge in [-0.1, -0.05) is 6.58 Å². The molecule has 0 aromatic carbocycles. The summed E-state index contributed by atoms with van der Waals surface area (Å²) in [4.78, 5) is 12.7. The van der Waals surface area contributed by atoms with E-state index in [2.05, 4.69) is 6.58 Å². The van der Waals surface area contributed by atoms with Gasteiger partial charge in [-0.25, -0.2) is 4.79 Å². The Hall–Kier alpha value is -1.03. The molecule has 8 heteroatoms. The molecule has 0 fully saturated rings. The van der Waals surface area contributed by atoms with Gasteiger partial charge in [0.05, 0.1) is 12.7 Å². The van der Waals surface area contributed by atoms with Crippen molar-refractivity contribution in [2.75, 3.05) is 33.4 Å². The van der Waals surface area contributed by atoms with Gasteiger partial charge in [0.2, 0.25) is 0 Å². The largest absolute Gasteiger partial charge is 0.461 e. The molecular weight excluding hydrogens is 282 g/mol. The number of nitrogens with zero attached hydrogens (tertiary/aromatic N) is 1. The Morgan fingerprint density at radius 1 is 1.19 bits per heavy atom. The van der Waals surface area contributed by atoms with Crippen LogP contribution in [0.15, 0.2) is 12.2 Å². The monoisotopic (exact) mass is 307 g/mol. The van der Waals surface area contributed by atoms with Crippen molar-refractivity contribution in [1.29, 1.82) is 0 Å². The summed E-state index contributed by atoms with van der Waals surface area (Å²) >= 11 is 0. The molecular formula is C13H25NO7. The van der Waals surface area contributed by atoms with Crippen LogP contribution in [0.25, 0.3) is 0 Å². The Balaban J connectivity index is 4.11. The second-order valence-corrected chi connectivity index (χ2v) is 4.98. The van der Waals surface area contributed by atoms with Gasteiger partial charge < -0.3 is 35.2 Å². The molecule has 0 aliphatic heterocycles. The molecule has 5 N–H and O–H groups in total. The van der Waals surface area contributed by atoms with Gasteiger partial charge in [0.1, 0.15) is 24.9 Å². The molecule has 8 nitrogen and oxygen atoms in total. The van der Waals surface area contributed by atoms with Gasteiger partial charge in [0.15, 0.2) is 0 Å². The second kappa shape index (κ2) is 9.82. The molecule has 0 spiro atoms. The predicted molar refractivity (Wildman–Crippen MR) is 74.4 cm³/mol. The number of likely N-dealkylation sites (N-methyl/N-ethyl adjacent to an activating group) is 1. The van der Waals surface area contributed by atoms with Gasteiger partial charge in [-0.15, -0.1) is 0 Å². The van der Waals surface area contributed by atoms with E-state index < -0.39 is 37.0 Å². The zero-order valence-electron chi connectivity index (χ0n) is 12.3. The molecule has 0 saturated carbocycles. The van der Waals surface area contributed by atoms with Crippen LogP contribution in [0.3, 0.4) is 0 Å². The number of aliphatic hydroxyl groups excluding tert-OH is 5. The van der Waals surface area contributed by atoms with E-state index in [0.29, 0.717) is 6.54 Å². The minimum absolute atomic E-state index is 0.0129. The summed E-state index contributed by atoms with van der Waals surface area (Å²) in [6.07, 6.45) is -6.12. The third-order valence-corrected chi connectivity index (χ3v) is 2.88. The molecule has 124 valence electrons. The zero-order valence-corrected chi connectivity index (χ0v) is 12.3. The van der Waals surface area contributed by atoms with Gasteiger partial charge in [0, 0.05) is 18.7 Å². The molecule has 0 amide bonds. The maximum atomic E-state index is 11.1. The lowest BCUT2D eigenvalue weighted by Crippen LogP contribution is -2.49. The Bertz CT molecular complexity index is 336. The topological polar surface area (TPSA) is 131 Å². The average molecular weight is 307 g/mol. The first-order chi connectivity index (χ1) is 9.70. The lowest BCUT2D eigenvalue weighted by molar-refractivity contribution is -0.139. The van der Waals surface area contributed by atoms with Crippen molar-refractivity contribution in [3.05, 3.63) is 12.2 Å². The maximum Gasteiger partial charge on any atom is 0.333 e. The summed E-state index contributed by atoms with van der Waals surface area (Å²) in [5.41, 5.74) is 0.286. The Morgan fingerprint density at radius 3 is 2.19 bits per heavy atom. The molecule has 0 aliphatic rings. The summed E-state index contributed by atoms with van der Waals surface area (Å²) in [5.74, 6) is -0.509. The van der Waals surface area contributed by atoms with E-state index >= 15 is 0 Å². The van der Waals surface area contributed by atoms with Crippen molar-refractivity contribution in [3.8, 4) is 0 Å². The summed E-state index contributed by atoms with van der Waals surface area (Å²) in [7, 11) is 1.62. The van der Waals surface area contributed by atoms with Crippen LogP contribution >= 0.6 is 0 Å².